The maximum atomic E-state index is 13.4. The highest BCUT2D eigenvalue weighted by Crippen LogP contribution is 2.34. The maximum absolute atomic E-state index is 13.4. The number of nitrogens with one attached hydrogen (secondary N) is 1. The number of ether oxygens (including phenoxy) is 4. The molecule has 4 atom stereocenters. The topological polar surface area (TPSA) is 156 Å². The highest BCUT2D eigenvalue weighted by molar-refractivity contribution is 7.98. The zero-order valence-electron chi connectivity index (χ0n) is 25.7. The van der Waals surface area contributed by atoms with Crippen molar-refractivity contribution in [2.75, 3.05) is 6.61 Å². The Bertz CT molecular complexity index is 2020. The number of aromatic amines is 1. The predicted molar refractivity (Wildman–Crippen MR) is 177 cm³/mol. The zero-order chi connectivity index (χ0) is 34.2. The number of aromatic nitrogens is 3. The largest absolute Gasteiger partial charge is 0.459 e. The van der Waals surface area contributed by atoms with Crippen molar-refractivity contribution in [2.45, 2.75) is 35.3 Å². The number of H-pyrrole nitrogens is 1. The molecule has 2 heterocycles. The van der Waals surface area contributed by atoms with Crippen LogP contribution < -0.4 is 11.2 Å². The lowest BCUT2D eigenvalue weighted by atomic mass is 10.1. The number of thioether (sulfide) groups is 1. The van der Waals surface area contributed by atoms with Crippen LogP contribution in [0.15, 0.2) is 136 Å². The van der Waals surface area contributed by atoms with Crippen LogP contribution in [0.3, 0.4) is 0 Å². The summed E-state index contributed by atoms with van der Waals surface area (Å²) in [5.74, 6) is -1.91. The number of nitrogens with zero attached hydrogens (tertiary/aromatic N) is 2. The van der Waals surface area contributed by atoms with E-state index in [1.54, 1.807) is 66.7 Å². The SMILES string of the molecule is O=C(OC[C@@H]1O[C@@H](n2nc(SCc3ccccc3)c(=O)[nH]c2=O)[C@@H](OC(=O)c2ccccc2)[C@@H]1OC(=O)c1ccccc1)c1ccccc1. The molecule has 0 saturated carbocycles. The van der Waals surface area contributed by atoms with Crippen LogP contribution in [0.2, 0.25) is 0 Å². The van der Waals surface area contributed by atoms with Gasteiger partial charge >= 0.3 is 23.6 Å². The van der Waals surface area contributed by atoms with Crippen LogP contribution >= 0.6 is 11.8 Å². The molecule has 13 heteroatoms. The predicted octanol–water partition coefficient (Wildman–Crippen LogP) is 4.43. The minimum Gasteiger partial charge on any atom is -0.459 e. The van der Waals surface area contributed by atoms with Gasteiger partial charge in [-0.2, -0.15) is 9.78 Å². The van der Waals surface area contributed by atoms with Crippen molar-refractivity contribution in [3.63, 3.8) is 0 Å². The molecule has 1 aliphatic rings. The molecule has 49 heavy (non-hydrogen) atoms. The standard InChI is InChI=1S/C36H29N3O9S/c40-30-31(49-22-23-13-5-1-6-14-23)38-39(36(44)37-30)32-29(48-35(43)26-19-11-4-12-20-26)28(47-34(42)25-17-9-3-10-18-25)27(46-32)21-45-33(41)24-15-7-2-8-16-24/h1-20,27-29,32H,21-22H2,(H,37,40,44)/t27-,28+,29-,32+/m0/s1. The summed E-state index contributed by atoms with van der Waals surface area (Å²) in [6.07, 6.45) is -5.62. The zero-order valence-corrected chi connectivity index (χ0v) is 26.6. The third-order valence-electron chi connectivity index (χ3n) is 7.46. The van der Waals surface area contributed by atoms with Crippen LogP contribution in [0.4, 0.5) is 0 Å². The fourth-order valence-electron chi connectivity index (χ4n) is 5.04. The molecule has 5 aromatic rings. The minimum atomic E-state index is -1.51. The van der Waals surface area contributed by atoms with Crippen molar-refractivity contribution in [2.24, 2.45) is 0 Å². The molecule has 0 spiro atoms. The molecule has 12 nitrogen and oxygen atoms in total. The van der Waals surface area contributed by atoms with Gasteiger partial charge in [-0.1, -0.05) is 96.7 Å². The number of hydrogen-bond acceptors (Lipinski definition) is 11. The summed E-state index contributed by atoms with van der Waals surface area (Å²) >= 11 is 1.08. The van der Waals surface area contributed by atoms with Gasteiger partial charge in [0.1, 0.15) is 12.7 Å². The molecule has 4 aromatic carbocycles. The van der Waals surface area contributed by atoms with Crippen molar-refractivity contribution in [3.05, 3.63) is 164 Å². The van der Waals surface area contributed by atoms with Gasteiger partial charge in [0.15, 0.2) is 23.5 Å². The lowest BCUT2D eigenvalue weighted by Crippen LogP contribution is -2.44. The average molecular weight is 680 g/mol. The molecular weight excluding hydrogens is 650 g/mol. The van der Waals surface area contributed by atoms with Gasteiger partial charge in [0.25, 0.3) is 5.56 Å². The molecule has 1 N–H and O–H groups in total. The Hall–Kier alpha value is -5.79. The highest BCUT2D eigenvalue weighted by Gasteiger charge is 2.52. The van der Waals surface area contributed by atoms with Gasteiger partial charge in [-0.15, -0.1) is 0 Å². The van der Waals surface area contributed by atoms with Crippen molar-refractivity contribution in [1.29, 1.82) is 0 Å². The number of esters is 3. The van der Waals surface area contributed by atoms with E-state index in [0.717, 1.165) is 22.0 Å². The van der Waals surface area contributed by atoms with Crippen molar-refractivity contribution < 1.29 is 33.3 Å². The first kappa shape index (κ1) is 33.1. The number of carbonyl (C=O) groups is 3. The van der Waals surface area contributed by atoms with Gasteiger partial charge < -0.3 is 18.9 Å². The molecule has 1 aliphatic heterocycles. The summed E-state index contributed by atoms with van der Waals surface area (Å²) in [5, 5.41) is 4.25. The number of rotatable bonds is 11. The smallest absolute Gasteiger partial charge is 0.347 e. The highest BCUT2D eigenvalue weighted by atomic mass is 32.2. The van der Waals surface area contributed by atoms with E-state index in [2.05, 4.69) is 10.1 Å². The summed E-state index contributed by atoms with van der Waals surface area (Å²) in [5.41, 5.74) is -0.146. The second kappa shape index (κ2) is 15.4. The normalized spacial score (nSPS) is 18.4. The molecule has 6 rings (SSSR count). The van der Waals surface area contributed by atoms with Gasteiger partial charge in [0.05, 0.1) is 16.7 Å². The van der Waals surface area contributed by atoms with E-state index in [0.29, 0.717) is 5.75 Å². The second-order valence-electron chi connectivity index (χ2n) is 10.8. The molecule has 0 aliphatic carbocycles. The average Bonchev–Trinajstić information content (AvgIpc) is 3.47. The molecule has 1 fully saturated rings. The second-order valence-corrected chi connectivity index (χ2v) is 11.7. The lowest BCUT2D eigenvalue weighted by Gasteiger charge is -2.24. The van der Waals surface area contributed by atoms with E-state index in [1.807, 2.05) is 30.3 Å². The van der Waals surface area contributed by atoms with E-state index in [1.165, 1.54) is 24.3 Å². The Morgan fingerprint density at radius 3 is 1.73 bits per heavy atom. The monoisotopic (exact) mass is 679 g/mol. The summed E-state index contributed by atoms with van der Waals surface area (Å²) in [4.78, 5) is 68.0. The van der Waals surface area contributed by atoms with E-state index < -0.39 is 60.3 Å². The van der Waals surface area contributed by atoms with Gasteiger partial charge in [-0.05, 0) is 42.0 Å². The first-order valence-corrected chi connectivity index (χ1v) is 16.2. The molecule has 0 amide bonds. The van der Waals surface area contributed by atoms with Gasteiger partial charge in [-0.25, -0.2) is 19.2 Å². The van der Waals surface area contributed by atoms with Gasteiger partial charge in [-0.3, -0.25) is 9.78 Å². The third-order valence-corrected chi connectivity index (χ3v) is 8.48. The summed E-state index contributed by atoms with van der Waals surface area (Å²) < 4.78 is 24.4. The first-order chi connectivity index (χ1) is 23.9. The van der Waals surface area contributed by atoms with E-state index in [4.69, 9.17) is 18.9 Å². The summed E-state index contributed by atoms with van der Waals surface area (Å²) in [7, 11) is 0. The Morgan fingerprint density at radius 1 is 0.694 bits per heavy atom. The van der Waals surface area contributed by atoms with Crippen molar-refractivity contribution >= 4 is 29.7 Å². The summed E-state index contributed by atoms with van der Waals surface area (Å²) in [6.45, 7) is -0.454. The van der Waals surface area contributed by atoms with Crippen LogP contribution in [-0.4, -0.2) is 57.6 Å². The Balaban J connectivity index is 1.37. The van der Waals surface area contributed by atoms with Gasteiger partial charge in [0.2, 0.25) is 0 Å². The molecule has 0 radical (unpaired) electrons. The summed E-state index contributed by atoms with van der Waals surface area (Å²) in [6, 6.07) is 33.7. The van der Waals surface area contributed by atoms with Crippen LogP contribution in [0, 0.1) is 0 Å². The molecule has 0 unspecified atom stereocenters. The lowest BCUT2D eigenvalue weighted by molar-refractivity contribution is -0.0707. The van der Waals surface area contributed by atoms with Crippen molar-refractivity contribution in [1.82, 2.24) is 14.8 Å². The maximum Gasteiger partial charge on any atom is 0.347 e. The minimum absolute atomic E-state index is 0.0584. The Kier molecular flexibility index (Phi) is 10.4. The van der Waals surface area contributed by atoms with Crippen LogP contribution in [0.25, 0.3) is 0 Å². The van der Waals surface area contributed by atoms with E-state index in [9.17, 15) is 24.0 Å². The van der Waals surface area contributed by atoms with E-state index >= 15 is 0 Å². The quantitative estimate of drug-likeness (QED) is 0.120. The molecular formula is C36H29N3O9S. The number of carbonyl (C=O) groups excluding carboxylic acids is 3. The van der Waals surface area contributed by atoms with Gasteiger partial charge in [0, 0.05) is 5.75 Å². The molecule has 0 bridgehead atoms. The molecule has 1 aromatic heterocycles. The van der Waals surface area contributed by atoms with E-state index in [-0.39, 0.29) is 21.7 Å². The number of benzene rings is 4. The third kappa shape index (κ3) is 8.03. The van der Waals surface area contributed by atoms with Crippen LogP contribution in [0.1, 0.15) is 42.9 Å². The molecule has 1 saturated heterocycles. The first-order valence-electron chi connectivity index (χ1n) is 15.2. The number of hydrogen-bond donors (Lipinski definition) is 1. The van der Waals surface area contributed by atoms with Crippen molar-refractivity contribution in [3.8, 4) is 0 Å². The fourth-order valence-corrected chi connectivity index (χ4v) is 5.87. The van der Waals surface area contributed by atoms with Crippen LogP contribution in [0.5, 0.6) is 0 Å². The fraction of sp³-hybridized carbons (Fsp3) is 0.167. The Labute approximate surface area is 283 Å². The van der Waals surface area contributed by atoms with Crippen LogP contribution in [-0.2, 0) is 24.7 Å². The Morgan fingerprint density at radius 2 is 1.18 bits per heavy atom. The molecule has 248 valence electrons.